The van der Waals surface area contributed by atoms with Crippen molar-refractivity contribution in [2.75, 3.05) is 6.61 Å². The first-order valence-corrected chi connectivity index (χ1v) is 9.74. The molecular formula is C20H16ClN3O3S. The normalized spacial score (nSPS) is 23.9. The summed E-state index contributed by atoms with van der Waals surface area (Å²) in [6, 6.07) is 16.9. The number of Topliss-reactive ketones (excluding diaryl/α,β-unsaturated/α-hetero) is 1. The van der Waals surface area contributed by atoms with E-state index in [1.165, 1.54) is 0 Å². The van der Waals surface area contributed by atoms with Gasteiger partial charge in [0.25, 0.3) is 0 Å². The lowest BCUT2D eigenvalue weighted by molar-refractivity contribution is -0.156. The summed E-state index contributed by atoms with van der Waals surface area (Å²) in [5, 5.41) is 5.37. The molecule has 28 heavy (non-hydrogen) atoms. The Balaban J connectivity index is 1.71. The second-order valence-electron chi connectivity index (χ2n) is 6.78. The zero-order chi connectivity index (χ0) is 19.3. The molecule has 2 aromatic carbocycles. The van der Waals surface area contributed by atoms with Crippen LogP contribution in [-0.2, 0) is 14.3 Å². The SMILES string of the molecule is O=C1C[C@@H](n2nc(-c3ccccc3Cl)n(-c3ccccc3)c2=S)[C@@H]2CO[C@H]1O2. The van der Waals surface area contributed by atoms with E-state index in [9.17, 15) is 4.79 Å². The summed E-state index contributed by atoms with van der Waals surface area (Å²) in [6.07, 6.45) is -0.737. The average molecular weight is 414 g/mol. The summed E-state index contributed by atoms with van der Waals surface area (Å²) in [5.41, 5.74) is 1.64. The molecule has 0 spiro atoms. The number of fused-ring (bicyclic) bond motifs is 2. The third kappa shape index (κ3) is 2.82. The van der Waals surface area contributed by atoms with Crippen LogP contribution in [0.25, 0.3) is 17.1 Å². The first-order valence-electron chi connectivity index (χ1n) is 8.95. The number of carbonyl (C=O) groups excluding carboxylic acids is 1. The van der Waals surface area contributed by atoms with Gasteiger partial charge < -0.3 is 9.47 Å². The molecule has 3 heterocycles. The van der Waals surface area contributed by atoms with Crippen LogP contribution in [0.15, 0.2) is 54.6 Å². The van der Waals surface area contributed by atoms with Crippen LogP contribution in [0.3, 0.4) is 0 Å². The van der Waals surface area contributed by atoms with Crippen LogP contribution in [-0.4, -0.2) is 39.1 Å². The fraction of sp³-hybridized carbons (Fsp3) is 0.250. The first kappa shape index (κ1) is 17.8. The fourth-order valence-electron chi connectivity index (χ4n) is 3.69. The highest BCUT2D eigenvalue weighted by Crippen LogP contribution is 2.35. The maximum atomic E-state index is 12.3. The molecule has 8 heteroatoms. The van der Waals surface area contributed by atoms with Gasteiger partial charge in [0.1, 0.15) is 6.10 Å². The van der Waals surface area contributed by atoms with Crippen molar-refractivity contribution in [3.63, 3.8) is 0 Å². The lowest BCUT2D eigenvalue weighted by Crippen LogP contribution is -2.37. The van der Waals surface area contributed by atoms with Crippen molar-refractivity contribution in [2.45, 2.75) is 24.9 Å². The van der Waals surface area contributed by atoms with Crippen LogP contribution in [0.2, 0.25) is 5.02 Å². The average Bonchev–Trinajstić information content (AvgIpc) is 3.29. The highest BCUT2D eigenvalue weighted by atomic mass is 35.5. The number of hydrogen-bond acceptors (Lipinski definition) is 5. The van der Waals surface area contributed by atoms with Gasteiger partial charge in [-0.25, -0.2) is 4.68 Å². The monoisotopic (exact) mass is 413 g/mol. The Morgan fingerprint density at radius 1 is 1.11 bits per heavy atom. The maximum absolute atomic E-state index is 12.3. The quantitative estimate of drug-likeness (QED) is 0.608. The van der Waals surface area contributed by atoms with Gasteiger partial charge in [-0.1, -0.05) is 41.9 Å². The molecule has 2 fully saturated rings. The zero-order valence-electron chi connectivity index (χ0n) is 14.7. The van der Waals surface area contributed by atoms with Crippen molar-refractivity contribution in [1.82, 2.24) is 14.3 Å². The summed E-state index contributed by atoms with van der Waals surface area (Å²) in [5.74, 6) is 0.532. The van der Waals surface area contributed by atoms with Gasteiger partial charge in [0.05, 0.1) is 17.7 Å². The number of carbonyl (C=O) groups is 1. The Morgan fingerprint density at radius 3 is 2.64 bits per heavy atom. The van der Waals surface area contributed by atoms with Crippen molar-refractivity contribution in [1.29, 1.82) is 0 Å². The third-order valence-corrected chi connectivity index (χ3v) is 5.76. The summed E-state index contributed by atoms with van der Waals surface area (Å²) in [7, 11) is 0. The standard InChI is InChI=1S/C20H16ClN3O3S/c21-14-9-5-4-8-13(14)18-22-24(15-10-16(25)19-26-11-17(15)27-19)20(28)23(18)12-6-2-1-3-7-12/h1-9,15,17,19H,10-11H2/t15-,17+,19+/m1/s1. The molecule has 142 valence electrons. The summed E-state index contributed by atoms with van der Waals surface area (Å²) >= 11 is 12.2. The lowest BCUT2D eigenvalue weighted by atomic mass is 10.0. The minimum atomic E-state index is -0.755. The van der Waals surface area contributed by atoms with E-state index in [0.29, 0.717) is 22.2 Å². The highest BCUT2D eigenvalue weighted by Gasteiger charge is 2.45. The Bertz CT molecular complexity index is 1110. The molecule has 0 radical (unpaired) electrons. The second-order valence-corrected chi connectivity index (χ2v) is 7.55. The zero-order valence-corrected chi connectivity index (χ0v) is 16.3. The van der Waals surface area contributed by atoms with Gasteiger partial charge in [0.15, 0.2) is 11.6 Å². The van der Waals surface area contributed by atoms with Crippen LogP contribution < -0.4 is 0 Å². The van der Waals surface area contributed by atoms with Gasteiger partial charge in [-0.05, 0) is 36.5 Å². The first-order chi connectivity index (χ1) is 13.6. The van der Waals surface area contributed by atoms with E-state index in [-0.39, 0.29) is 24.3 Å². The van der Waals surface area contributed by atoms with Crippen molar-refractivity contribution < 1.29 is 14.3 Å². The second kappa shape index (κ2) is 6.93. The topological polar surface area (TPSA) is 58.3 Å². The Labute approximate surface area is 171 Å². The smallest absolute Gasteiger partial charge is 0.218 e. The summed E-state index contributed by atoms with van der Waals surface area (Å²) < 4.78 is 15.2. The fourth-order valence-corrected chi connectivity index (χ4v) is 4.28. The predicted molar refractivity (Wildman–Crippen MR) is 106 cm³/mol. The molecule has 0 saturated carbocycles. The highest BCUT2D eigenvalue weighted by molar-refractivity contribution is 7.71. The number of benzene rings is 2. The van der Waals surface area contributed by atoms with Crippen molar-refractivity contribution in [2.24, 2.45) is 0 Å². The number of rotatable bonds is 3. The molecule has 6 nitrogen and oxygen atoms in total. The van der Waals surface area contributed by atoms with E-state index >= 15 is 0 Å². The number of aromatic nitrogens is 3. The van der Waals surface area contributed by atoms with Crippen LogP contribution in [0, 0.1) is 4.77 Å². The molecule has 3 aromatic rings. The largest absolute Gasteiger partial charge is 0.343 e. The van der Waals surface area contributed by atoms with E-state index in [0.717, 1.165) is 11.3 Å². The van der Waals surface area contributed by atoms with E-state index in [4.69, 9.17) is 38.4 Å². The van der Waals surface area contributed by atoms with Gasteiger partial charge in [0, 0.05) is 17.7 Å². The minimum Gasteiger partial charge on any atom is -0.343 e. The minimum absolute atomic E-state index is 0.0887. The van der Waals surface area contributed by atoms with Gasteiger partial charge in [0.2, 0.25) is 11.1 Å². The van der Waals surface area contributed by atoms with Crippen LogP contribution in [0.1, 0.15) is 12.5 Å². The molecule has 2 saturated heterocycles. The summed E-state index contributed by atoms with van der Waals surface area (Å²) in [6.45, 7) is 0.350. The van der Waals surface area contributed by atoms with Crippen LogP contribution >= 0.6 is 23.8 Å². The van der Waals surface area contributed by atoms with E-state index < -0.39 is 6.29 Å². The van der Waals surface area contributed by atoms with Gasteiger partial charge in [-0.3, -0.25) is 9.36 Å². The van der Waals surface area contributed by atoms with E-state index in [1.54, 1.807) is 4.68 Å². The Kier molecular flexibility index (Phi) is 4.40. The molecule has 2 aliphatic rings. The predicted octanol–water partition coefficient (Wildman–Crippen LogP) is 3.98. The molecular weight excluding hydrogens is 398 g/mol. The molecule has 0 aliphatic carbocycles. The van der Waals surface area contributed by atoms with Gasteiger partial charge in [-0.15, -0.1) is 0 Å². The lowest BCUT2D eigenvalue weighted by Gasteiger charge is -2.26. The molecule has 0 amide bonds. The Morgan fingerprint density at radius 2 is 1.86 bits per heavy atom. The van der Waals surface area contributed by atoms with E-state index in [1.807, 2.05) is 59.2 Å². The number of hydrogen-bond donors (Lipinski definition) is 0. The van der Waals surface area contributed by atoms with E-state index in [2.05, 4.69) is 0 Å². The molecule has 0 unspecified atom stereocenters. The molecule has 2 aliphatic heterocycles. The molecule has 3 atom stereocenters. The third-order valence-electron chi connectivity index (χ3n) is 5.06. The van der Waals surface area contributed by atoms with Gasteiger partial charge in [-0.2, -0.15) is 5.10 Å². The molecule has 5 rings (SSSR count). The molecule has 0 N–H and O–H groups in total. The maximum Gasteiger partial charge on any atom is 0.218 e. The summed E-state index contributed by atoms with van der Waals surface area (Å²) in [4.78, 5) is 12.3. The Hall–Kier alpha value is -2.32. The van der Waals surface area contributed by atoms with Gasteiger partial charge >= 0.3 is 0 Å². The molecule has 2 bridgehead atoms. The van der Waals surface area contributed by atoms with Crippen LogP contribution in [0.5, 0.6) is 0 Å². The van der Waals surface area contributed by atoms with Crippen LogP contribution in [0.4, 0.5) is 0 Å². The molecule has 1 aromatic heterocycles. The number of ether oxygens (including phenoxy) is 2. The number of nitrogens with zero attached hydrogens (tertiary/aromatic N) is 3. The van der Waals surface area contributed by atoms with Crippen molar-refractivity contribution in [3.8, 4) is 17.1 Å². The van der Waals surface area contributed by atoms with Crippen molar-refractivity contribution >= 4 is 29.6 Å². The number of ketones is 1. The number of para-hydroxylation sites is 1. The van der Waals surface area contributed by atoms with Crippen molar-refractivity contribution in [3.05, 3.63) is 64.4 Å². The number of halogens is 1.